The van der Waals surface area contributed by atoms with E-state index in [9.17, 15) is 12.8 Å². The van der Waals surface area contributed by atoms with Crippen LogP contribution in [0.1, 0.15) is 6.92 Å². The Labute approximate surface area is 166 Å². The molecule has 0 atom stereocenters. The van der Waals surface area contributed by atoms with E-state index in [1.165, 1.54) is 7.11 Å². The summed E-state index contributed by atoms with van der Waals surface area (Å²) in [6, 6.07) is 13.2. The van der Waals surface area contributed by atoms with Crippen LogP contribution in [-0.4, -0.2) is 65.6 Å². The highest BCUT2D eigenvalue weighted by Gasteiger charge is 2.26. The number of hydrogen-bond donors (Lipinski definition) is 0. The molecule has 1 heterocycles. The number of anilines is 1. The molecule has 2 aromatic rings. The van der Waals surface area contributed by atoms with Crippen molar-refractivity contribution in [1.82, 2.24) is 4.90 Å². The van der Waals surface area contributed by atoms with Crippen molar-refractivity contribution in [3.8, 4) is 16.9 Å². The zero-order valence-corrected chi connectivity index (χ0v) is 17.2. The molecule has 1 aliphatic rings. The molecule has 0 unspecified atom stereocenters. The van der Waals surface area contributed by atoms with Crippen LogP contribution in [-0.2, 0) is 9.84 Å². The van der Waals surface area contributed by atoms with Crippen LogP contribution in [0.15, 0.2) is 47.4 Å². The topological polar surface area (TPSA) is 49.9 Å². The SMILES string of the molecule is CCN1CCN(c2cc(-c3ccccc3)c(OC)c(S(=O)(=O)CCF)c2)CC1. The molecule has 1 saturated heterocycles. The number of halogens is 1. The molecule has 0 N–H and O–H groups in total. The Kier molecular flexibility index (Phi) is 6.57. The van der Waals surface area contributed by atoms with Crippen LogP contribution in [0.3, 0.4) is 0 Å². The fourth-order valence-corrected chi connectivity index (χ4v) is 4.78. The summed E-state index contributed by atoms with van der Waals surface area (Å²) in [5.74, 6) is -0.277. The van der Waals surface area contributed by atoms with Gasteiger partial charge in [0.05, 0.1) is 12.9 Å². The molecular weight excluding hydrogens is 379 g/mol. The fraction of sp³-hybridized carbons (Fsp3) is 0.429. The second-order valence-electron chi connectivity index (χ2n) is 6.82. The molecule has 0 bridgehead atoms. The van der Waals surface area contributed by atoms with Crippen LogP contribution < -0.4 is 9.64 Å². The van der Waals surface area contributed by atoms with Crippen molar-refractivity contribution in [3.63, 3.8) is 0 Å². The van der Waals surface area contributed by atoms with E-state index in [1.54, 1.807) is 6.07 Å². The number of nitrogens with zero attached hydrogens (tertiary/aromatic N) is 2. The summed E-state index contributed by atoms with van der Waals surface area (Å²) in [7, 11) is -2.34. The highest BCUT2D eigenvalue weighted by molar-refractivity contribution is 7.91. The number of methoxy groups -OCH3 is 1. The van der Waals surface area contributed by atoms with E-state index >= 15 is 0 Å². The van der Waals surface area contributed by atoms with Crippen LogP contribution in [0.25, 0.3) is 11.1 Å². The molecule has 0 amide bonds. The number of likely N-dealkylation sites (N-methyl/N-ethyl adjacent to an activating group) is 1. The molecule has 3 rings (SSSR count). The maximum Gasteiger partial charge on any atom is 0.184 e. The minimum Gasteiger partial charge on any atom is -0.495 e. The van der Waals surface area contributed by atoms with Gasteiger partial charge in [-0.2, -0.15) is 0 Å². The van der Waals surface area contributed by atoms with E-state index in [1.807, 2.05) is 36.4 Å². The van der Waals surface area contributed by atoms with E-state index in [2.05, 4.69) is 16.7 Å². The van der Waals surface area contributed by atoms with Crippen molar-refractivity contribution in [2.45, 2.75) is 11.8 Å². The summed E-state index contributed by atoms with van der Waals surface area (Å²) in [5, 5.41) is 0. The van der Waals surface area contributed by atoms with Gasteiger partial charge in [0.15, 0.2) is 9.84 Å². The molecule has 0 aliphatic carbocycles. The van der Waals surface area contributed by atoms with Crippen molar-refractivity contribution >= 4 is 15.5 Å². The van der Waals surface area contributed by atoms with Crippen LogP contribution in [0.5, 0.6) is 5.75 Å². The van der Waals surface area contributed by atoms with Gasteiger partial charge in [-0.3, -0.25) is 0 Å². The number of sulfone groups is 1. The first kappa shape index (κ1) is 20.6. The lowest BCUT2D eigenvalue weighted by Gasteiger charge is -2.36. The average molecular weight is 407 g/mol. The van der Waals surface area contributed by atoms with Crippen molar-refractivity contribution in [3.05, 3.63) is 42.5 Å². The Balaban J connectivity index is 2.13. The molecule has 28 heavy (non-hydrogen) atoms. The van der Waals surface area contributed by atoms with Gasteiger partial charge in [-0.25, -0.2) is 12.8 Å². The lowest BCUT2D eigenvalue weighted by molar-refractivity contribution is 0.271. The van der Waals surface area contributed by atoms with Gasteiger partial charge in [-0.05, 0) is 24.2 Å². The molecule has 7 heteroatoms. The number of alkyl halides is 1. The highest BCUT2D eigenvalue weighted by Crippen LogP contribution is 2.40. The van der Waals surface area contributed by atoms with Gasteiger partial charge >= 0.3 is 0 Å². The minimum atomic E-state index is -3.80. The van der Waals surface area contributed by atoms with Crippen molar-refractivity contribution in [1.29, 1.82) is 0 Å². The normalized spacial score (nSPS) is 15.6. The second-order valence-corrected chi connectivity index (χ2v) is 8.90. The van der Waals surface area contributed by atoms with Gasteiger partial charge in [-0.1, -0.05) is 37.3 Å². The van der Waals surface area contributed by atoms with E-state index in [4.69, 9.17) is 4.74 Å². The number of benzene rings is 2. The van der Waals surface area contributed by atoms with Crippen LogP contribution in [0.4, 0.5) is 10.1 Å². The molecular formula is C21H27FN2O3S. The maximum atomic E-state index is 12.9. The molecule has 0 radical (unpaired) electrons. The van der Waals surface area contributed by atoms with Crippen LogP contribution in [0, 0.1) is 0 Å². The van der Waals surface area contributed by atoms with Gasteiger partial charge in [-0.15, -0.1) is 0 Å². The lowest BCUT2D eigenvalue weighted by atomic mass is 10.0. The van der Waals surface area contributed by atoms with Gasteiger partial charge in [0.25, 0.3) is 0 Å². The Morgan fingerprint density at radius 1 is 1.07 bits per heavy atom. The van der Waals surface area contributed by atoms with E-state index < -0.39 is 22.3 Å². The smallest absolute Gasteiger partial charge is 0.184 e. The zero-order valence-electron chi connectivity index (χ0n) is 16.4. The van der Waals surface area contributed by atoms with E-state index in [0.717, 1.165) is 44.0 Å². The molecule has 5 nitrogen and oxygen atoms in total. The Hall–Kier alpha value is -2.12. The third kappa shape index (κ3) is 4.31. The second kappa shape index (κ2) is 8.92. The van der Waals surface area contributed by atoms with E-state index in [0.29, 0.717) is 5.56 Å². The van der Waals surface area contributed by atoms with Gasteiger partial charge in [0, 0.05) is 37.4 Å². The summed E-state index contributed by atoms with van der Waals surface area (Å²) < 4.78 is 44.0. The fourth-order valence-electron chi connectivity index (χ4n) is 3.58. The summed E-state index contributed by atoms with van der Waals surface area (Å²) in [4.78, 5) is 4.60. The average Bonchev–Trinajstić information content (AvgIpc) is 2.73. The monoisotopic (exact) mass is 406 g/mol. The van der Waals surface area contributed by atoms with Crippen molar-refractivity contribution < 1.29 is 17.5 Å². The largest absolute Gasteiger partial charge is 0.495 e. The first-order valence-electron chi connectivity index (χ1n) is 9.53. The molecule has 1 fully saturated rings. The molecule has 0 spiro atoms. The van der Waals surface area contributed by atoms with Crippen molar-refractivity contribution in [2.24, 2.45) is 0 Å². The highest BCUT2D eigenvalue weighted by atomic mass is 32.2. The molecule has 1 aliphatic heterocycles. The third-order valence-electron chi connectivity index (χ3n) is 5.19. The standard InChI is InChI=1S/C21H27FN2O3S/c1-3-23-10-12-24(13-11-23)18-15-19(17-7-5-4-6-8-17)21(27-2)20(16-18)28(25,26)14-9-22/h4-8,15-16H,3,9-14H2,1-2H3. The number of piperazine rings is 1. The predicted molar refractivity (Wildman–Crippen MR) is 111 cm³/mol. The first-order valence-corrected chi connectivity index (χ1v) is 11.2. The number of ether oxygens (including phenoxy) is 1. The summed E-state index contributed by atoms with van der Waals surface area (Å²) in [6.07, 6.45) is 0. The molecule has 0 saturated carbocycles. The van der Waals surface area contributed by atoms with Gasteiger partial charge in [0.1, 0.15) is 17.3 Å². The summed E-state index contributed by atoms with van der Waals surface area (Å²) in [6.45, 7) is 5.70. The Bertz CT molecular complexity index is 895. The number of rotatable bonds is 7. The summed E-state index contributed by atoms with van der Waals surface area (Å²) in [5.41, 5.74) is 2.40. The Morgan fingerprint density at radius 2 is 1.75 bits per heavy atom. The predicted octanol–water partition coefficient (Wildman–Crippen LogP) is 3.25. The quantitative estimate of drug-likeness (QED) is 0.707. The molecule has 152 valence electrons. The third-order valence-corrected chi connectivity index (χ3v) is 6.86. The van der Waals surface area contributed by atoms with E-state index in [-0.39, 0.29) is 10.6 Å². The molecule has 2 aromatic carbocycles. The Morgan fingerprint density at radius 3 is 2.32 bits per heavy atom. The first-order chi connectivity index (χ1) is 13.5. The number of hydrogen-bond acceptors (Lipinski definition) is 5. The molecule has 0 aromatic heterocycles. The van der Waals surface area contributed by atoms with Crippen LogP contribution in [0.2, 0.25) is 0 Å². The van der Waals surface area contributed by atoms with Crippen LogP contribution >= 0.6 is 0 Å². The maximum absolute atomic E-state index is 12.9. The van der Waals surface area contributed by atoms with Gasteiger partial charge < -0.3 is 14.5 Å². The van der Waals surface area contributed by atoms with Crippen molar-refractivity contribution in [2.75, 3.05) is 57.2 Å². The van der Waals surface area contributed by atoms with Gasteiger partial charge in [0.2, 0.25) is 0 Å². The zero-order chi connectivity index (χ0) is 20.1. The summed E-state index contributed by atoms with van der Waals surface area (Å²) >= 11 is 0. The lowest BCUT2D eigenvalue weighted by Crippen LogP contribution is -2.46. The minimum absolute atomic E-state index is 0.0573.